The summed E-state index contributed by atoms with van der Waals surface area (Å²) < 4.78 is 5.99. The second-order valence-corrected chi connectivity index (χ2v) is 7.41. The number of oxazole rings is 1. The predicted octanol–water partition coefficient (Wildman–Crippen LogP) is 4.22. The summed E-state index contributed by atoms with van der Waals surface area (Å²) in [5.74, 6) is 2.65. The molecule has 124 valence electrons. The molecule has 0 saturated heterocycles. The Labute approximate surface area is 137 Å². The van der Waals surface area contributed by atoms with Crippen LogP contribution in [0, 0.1) is 11.8 Å². The Hall–Kier alpha value is -1.84. The van der Waals surface area contributed by atoms with Gasteiger partial charge in [-0.2, -0.15) is 0 Å². The van der Waals surface area contributed by atoms with Gasteiger partial charge in [0.1, 0.15) is 5.52 Å². The van der Waals surface area contributed by atoms with Gasteiger partial charge in [0.15, 0.2) is 11.5 Å². The van der Waals surface area contributed by atoms with Crippen molar-refractivity contribution in [2.24, 2.45) is 11.8 Å². The van der Waals surface area contributed by atoms with Crippen molar-refractivity contribution < 1.29 is 9.21 Å². The topological polar surface area (TPSA) is 55.1 Å². The Balaban J connectivity index is 1.67. The smallest absolute Gasteiger partial charge is 0.220 e. The summed E-state index contributed by atoms with van der Waals surface area (Å²) >= 11 is 0. The van der Waals surface area contributed by atoms with Crippen molar-refractivity contribution in [2.75, 3.05) is 6.54 Å². The van der Waals surface area contributed by atoms with E-state index in [0.717, 1.165) is 30.0 Å². The molecule has 3 rings (SSSR count). The molecule has 0 spiro atoms. The standard InChI is InChI=1S/C19H26N2O2/c1-11(2)8-17(22)20-10-13-9-15(13)14-6-5-7-16-18(14)23-19(21-16)12(3)4/h5-7,11-13,15H,8-10H2,1-4H3,(H,20,22)/t13-,15+/m0/s1. The number of nitrogens with one attached hydrogen (secondary N) is 1. The molecular formula is C19H26N2O2. The molecule has 2 aromatic rings. The minimum absolute atomic E-state index is 0.158. The maximum atomic E-state index is 11.8. The second kappa shape index (κ2) is 6.34. The van der Waals surface area contributed by atoms with Crippen molar-refractivity contribution in [3.05, 3.63) is 29.7 Å². The molecule has 1 amide bonds. The minimum Gasteiger partial charge on any atom is -0.440 e. The van der Waals surface area contributed by atoms with Gasteiger partial charge in [-0.25, -0.2) is 4.98 Å². The van der Waals surface area contributed by atoms with Gasteiger partial charge in [-0.05, 0) is 30.2 Å². The fraction of sp³-hybridized carbons (Fsp3) is 0.579. The molecule has 1 aliphatic rings. The van der Waals surface area contributed by atoms with E-state index in [-0.39, 0.29) is 5.91 Å². The van der Waals surface area contributed by atoms with Gasteiger partial charge in [0.05, 0.1) is 0 Å². The Kier molecular flexibility index (Phi) is 4.42. The van der Waals surface area contributed by atoms with Crippen molar-refractivity contribution >= 4 is 17.0 Å². The maximum absolute atomic E-state index is 11.8. The van der Waals surface area contributed by atoms with Crippen molar-refractivity contribution in [1.29, 1.82) is 0 Å². The van der Waals surface area contributed by atoms with Gasteiger partial charge in [0, 0.05) is 24.4 Å². The van der Waals surface area contributed by atoms with Gasteiger partial charge < -0.3 is 9.73 Å². The van der Waals surface area contributed by atoms with Crippen molar-refractivity contribution in [3.63, 3.8) is 0 Å². The zero-order chi connectivity index (χ0) is 16.6. The molecule has 1 N–H and O–H groups in total. The fourth-order valence-corrected chi connectivity index (χ4v) is 3.07. The lowest BCUT2D eigenvalue weighted by Crippen LogP contribution is -2.26. The predicted molar refractivity (Wildman–Crippen MR) is 91.4 cm³/mol. The van der Waals surface area contributed by atoms with Crippen LogP contribution in [0.2, 0.25) is 0 Å². The summed E-state index contributed by atoms with van der Waals surface area (Å²) in [6, 6.07) is 6.20. The lowest BCUT2D eigenvalue weighted by Gasteiger charge is -2.07. The molecule has 2 atom stereocenters. The van der Waals surface area contributed by atoms with Gasteiger partial charge in [0.2, 0.25) is 5.91 Å². The number of aromatic nitrogens is 1. The zero-order valence-electron chi connectivity index (χ0n) is 14.4. The van der Waals surface area contributed by atoms with Crippen LogP contribution in [-0.4, -0.2) is 17.4 Å². The second-order valence-electron chi connectivity index (χ2n) is 7.41. The number of rotatable bonds is 6. The van der Waals surface area contributed by atoms with Gasteiger partial charge in [-0.15, -0.1) is 0 Å². The molecule has 1 saturated carbocycles. The van der Waals surface area contributed by atoms with Gasteiger partial charge >= 0.3 is 0 Å². The molecule has 0 radical (unpaired) electrons. The maximum Gasteiger partial charge on any atom is 0.220 e. The summed E-state index contributed by atoms with van der Waals surface area (Å²) in [4.78, 5) is 16.4. The first-order valence-electron chi connectivity index (χ1n) is 8.61. The number of hydrogen-bond acceptors (Lipinski definition) is 3. The largest absolute Gasteiger partial charge is 0.440 e. The highest BCUT2D eigenvalue weighted by Gasteiger charge is 2.40. The summed E-state index contributed by atoms with van der Waals surface area (Å²) in [6.07, 6.45) is 1.71. The molecule has 1 aliphatic carbocycles. The normalized spacial score (nSPS) is 20.4. The number of carbonyl (C=O) groups is 1. The Morgan fingerprint density at radius 3 is 2.83 bits per heavy atom. The van der Waals surface area contributed by atoms with Crippen molar-refractivity contribution in [2.45, 2.75) is 52.4 Å². The van der Waals surface area contributed by atoms with Gasteiger partial charge in [0.25, 0.3) is 0 Å². The summed E-state index contributed by atoms with van der Waals surface area (Å²) in [6.45, 7) is 9.08. The number of fused-ring (bicyclic) bond motifs is 1. The quantitative estimate of drug-likeness (QED) is 0.868. The lowest BCUT2D eigenvalue weighted by atomic mass is 10.1. The number of carbonyl (C=O) groups excluding carboxylic acids is 1. The summed E-state index contributed by atoms with van der Waals surface area (Å²) in [5.41, 5.74) is 3.11. The number of hydrogen-bond donors (Lipinski definition) is 1. The van der Waals surface area contributed by atoms with Crippen LogP contribution in [0.25, 0.3) is 11.1 Å². The molecular weight excluding hydrogens is 288 g/mol. The van der Waals surface area contributed by atoms with Crippen LogP contribution in [0.4, 0.5) is 0 Å². The Bertz CT molecular complexity index is 702. The molecule has 4 heteroatoms. The third-order valence-corrected chi connectivity index (χ3v) is 4.43. The fourth-order valence-electron chi connectivity index (χ4n) is 3.07. The van der Waals surface area contributed by atoms with E-state index in [4.69, 9.17) is 4.42 Å². The van der Waals surface area contributed by atoms with Crippen LogP contribution in [0.3, 0.4) is 0 Å². The van der Waals surface area contributed by atoms with Crippen LogP contribution in [0.5, 0.6) is 0 Å². The number of amides is 1. The lowest BCUT2D eigenvalue weighted by molar-refractivity contribution is -0.121. The highest BCUT2D eigenvalue weighted by atomic mass is 16.3. The molecule has 1 fully saturated rings. The first-order valence-corrected chi connectivity index (χ1v) is 8.61. The molecule has 0 aliphatic heterocycles. The van der Waals surface area contributed by atoms with Crippen LogP contribution < -0.4 is 5.32 Å². The number of benzene rings is 1. The monoisotopic (exact) mass is 314 g/mol. The average Bonchev–Trinajstić information content (AvgIpc) is 3.11. The van der Waals surface area contributed by atoms with Crippen LogP contribution in [-0.2, 0) is 4.79 Å². The number of para-hydroxylation sites is 1. The zero-order valence-corrected chi connectivity index (χ0v) is 14.4. The molecule has 1 heterocycles. The van der Waals surface area contributed by atoms with E-state index in [1.165, 1.54) is 5.56 Å². The molecule has 4 nitrogen and oxygen atoms in total. The van der Waals surface area contributed by atoms with E-state index >= 15 is 0 Å². The summed E-state index contributed by atoms with van der Waals surface area (Å²) in [7, 11) is 0. The third-order valence-electron chi connectivity index (χ3n) is 4.43. The highest BCUT2D eigenvalue weighted by molar-refractivity contribution is 5.78. The molecule has 0 unspecified atom stereocenters. The highest BCUT2D eigenvalue weighted by Crippen LogP contribution is 2.49. The van der Waals surface area contributed by atoms with Crippen molar-refractivity contribution in [1.82, 2.24) is 10.3 Å². The van der Waals surface area contributed by atoms with Crippen LogP contribution >= 0.6 is 0 Å². The molecule has 0 bridgehead atoms. The van der Waals surface area contributed by atoms with E-state index in [1.54, 1.807) is 0 Å². The van der Waals surface area contributed by atoms with E-state index in [9.17, 15) is 4.79 Å². The first-order chi connectivity index (χ1) is 11.0. The SMILES string of the molecule is CC(C)CC(=O)NC[C@@H]1C[C@H]1c1cccc2nc(C(C)C)oc12. The third kappa shape index (κ3) is 3.57. The average molecular weight is 314 g/mol. The van der Waals surface area contributed by atoms with Gasteiger partial charge in [-0.1, -0.05) is 39.8 Å². The van der Waals surface area contributed by atoms with E-state index < -0.39 is 0 Å². The molecule has 1 aromatic heterocycles. The van der Waals surface area contributed by atoms with Crippen LogP contribution in [0.1, 0.15) is 63.8 Å². The van der Waals surface area contributed by atoms with Gasteiger partial charge in [-0.3, -0.25) is 4.79 Å². The first kappa shape index (κ1) is 16.0. The Morgan fingerprint density at radius 2 is 2.13 bits per heavy atom. The van der Waals surface area contributed by atoms with Crippen molar-refractivity contribution in [3.8, 4) is 0 Å². The molecule has 23 heavy (non-hydrogen) atoms. The summed E-state index contributed by atoms with van der Waals surface area (Å²) in [5, 5.41) is 3.06. The Morgan fingerprint density at radius 1 is 1.35 bits per heavy atom. The van der Waals surface area contributed by atoms with E-state index in [2.05, 4.69) is 50.1 Å². The number of nitrogens with zero attached hydrogens (tertiary/aromatic N) is 1. The van der Waals surface area contributed by atoms with E-state index in [1.807, 2.05) is 6.07 Å². The minimum atomic E-state index is 0.158. The van der Waals surface area contributed by atoms with E-state index in [0.29, 0.717) is 30.1 Å². The van der Waals surface area contributed by atoms with Crippen LogP contribution in [0.15, 0.2) is 22.6 Å². The molecule has 1 aromatic carbocycles.